The fourth-order valence-electron chi connectivity index (χ4n) is 2.41. The van der Waals surface area contributed by atoms with E-state index >= 15 is 0 Å². The molecule has 2 N–H and O–H groups in total. The third kappa shape index (κ3) is 2.91. The molecule has 4 nitrogen and oxygen atoms in total. The van der Waals surface area contributed by atoms with Crippen LogP contribution < -0.4 is 5.73 Å². The highest BCUT2D eigenvalue weighted by Gasteiger charge is 2.38. The smallest absolute Gasteiger partial charge is 0.166 e. The van der Waals surface area contributed by atoms with Crippen molar-refractivity contribution < 1.29 is 14.2 Å². The van der Waals surface area contributed by atoms with E-state index in [1.807, 2.05) is 6.92 Å². The van der Waals surface area contributed by atoms with Crippen molar-refractivity contribution in [3.05, 3.63) is 0 Å². The Morgan fingerprint density at radius 2 is 2.27 bits per heavy atom. The molecule has 0 amide bonds. The monoisotopic (exact) mass is 215 g/mol. The minimum atomic E-state index is -0.435. The molecular weight excluding hydrogens is 194 g/mol. The number of rotatable bonds is 3. The van der Waals surface area contributed by atoms with Crippen LogP contribution in [0, 0.1) is 5.92 Å². The van der Waals surface area contributed by atoms with E-state index in [1.54, 1.807) is 0 Å². The van der Waals surface area contributed by atoms with E-state index in [4.69, 9.17) is 19.9 Å². The predicted molar refractivity (Wildman–Crippen MR) is 56.4 cm³/mol. The van der Waals surface area contributed by atoms with Crippen molar-refractivity contribution >= 4 is 0 Å². The molecule has 0 bridgehead atoms. The normalized spacial score (nSPS) is 42.0. The van der Waals surface area contributed by atoms with Crippen LogP contribution in [-0.4, -0.2) is 38.3 Å². The lowest BCUT2D eigenvalue weighted by Gasteiger charge is -2.30. The SMILES string of the molecule is CC1(CC2CCCOC2)OCC(CN)O1. The average molecular weight is 215 g/mol. The molecule has 3 atom stereocenters. The maximum Gasteiger partial charge on any atom is 0.166 e. The first-order valence-corrected chi connectivity index (χ1v) is 5.81. The van der Waals surface area contributed by atoms with E-state index < -0.39 is 5.79 Å². The Kier molecular flexibility index (Phi) is 3.61. The van der Waals surface area contributed by atoms with Gasteiger partial charge in [0.2, 0.25) is 0 Å². The van der Waals surface area contributed by atoms with Crippen molar-refractivity contribution in [1.29, 1.82) is 0 Å². The molecule has 4 heteroatoms. The number of hydrogen-bond donors (Lipinski definition) is 1. The summed E-state index contributed by atoms with van der Waals surface area (Å²) in [5.41, 5.74) is 5.56. The first kappa shape index (κ1) is 11.3. The molecule has 2 aliphatic rings. The molecular formula is C11H21NO3. The summed E-state index contributed by atoms with van der Waals surface area (Å²) in [4.78, 5) is 0. The average Bonchev–Trinajstić information content (AvgIpc) is 2.61. The lowest BCUT2D eigenvalue weighted by molar-refractivity contribution is -0.171. The van der Waals surface area contributed by atoms with Gasteiger partial charge in [0.25, 0.3) is 0 Å². The topological polar surface area (TPSA) is 53.7 Å². The fraction of sp³-hybridized carbons (Fsp3) is 1.00. The second-order valence-corrected chi connectivity index (χ2v) is 4.71. The predicted octanol–water partition coefficient (Wildman–Crippen LogP) is 0.893. The van der Waals surface area contributed by atoms with Gasteiger partial charge in [-0.2, -0.15) is 0 Å². The molecule has 0 aromatic heterocycles. The van der Waals surface area contributed by atoms with Gasteiger partial charge < -0.3 is 19.9 Å². The zero-order valence-electron chi connectivity index (χ0n) is 9.41. The standard InChI is InChI=1S/C11H21NO3/c1-11(14-8-10(6-12)15-11)5-9-3-2-4-13-7-9/h9-10H,2-8,12H2,1H3. The summed E-state index contributed by atoms with van der Waals surface area (Å²) in [6.45, 7) is 4.92. The molecule has 0 radical (unpaired) electrons. The molecule has 0 aromatic rings. The summed E-state index contributed by atoms with van der Waals surface area (Å²) in [7, 11) is 0. The number of nitrogens with two attached hydrogens (primary N) is 1. The summed E-state index contributed by atoms with van der Waals surface area (Å²) in [6.07, 6.45) is 3.36. The number of hydrogen-bond acceptors (Lipinski definition) is 4. The van der Waals surface area contributed by atoms with Gasteiger partial charge in [0.05, 0.1) is 12.7 Å². The molecule has 2 rings (SSSR count). The van der Waals surface area contributed by atoms with Crippen molar-refractivity contribution in [3.63, 3.8) is 0 Å². The molecule has 2 fully saturated rings. The molecule has 15 heavy (non-hydrogen) atoms. The third-order valence-electron chi connectivity index (χ3n) is 3.17. The third-order valence-corrected chi connectivity index (χ3v) is 3.17. The van der Waals surface area contributed by atoms with Gasteiger partial charge in [0, 0.05) is 26.2 Å². The largest absolute Gasteiger partial charge is 0.381 e. The van der Waals surface area contributed by atoms with Crippen LogP contribution in [0.5, 0.6) is 0 Å². The Morgan fingerprint density at radius 3 is 2.87 bits per heavy atom. The van der Waals surface area contributed by atoms with Crippen molar-refractivity contribution in [3.8, 4) is 0 Å². The molecule has 3 unspecified atom stereocenters. The first-order valence-electron chi connectivity index (χ1n) is 5.81. The highest BCUT2D eigenvalue weighted by atomic mass is 16.7. The van der Waals surface area contributed by atoms with Crippen LogP contribution in [0.15, 0.2) is 0 Å². The van der Waals surface area contributed by atoms with Gasteiger partial charge in [-0.15, -0.1) is 0 Å². The van der Waals surface area contributed by atoms with Gasteiger partial charge in [0.15, 0.2) is 5.79 Å². The van der Waals surface area contributed by atoms with Gasteiger partial charge in [-0.3, -0.25) is 0 Å². The molecule has 0 spiro atoms. The van der Waals surface area contributed by atoms with Gasteiger partial charge in [-0.1, -0.05) is 0 Å². The first-order chi connectivity index (χ1) is 7.22. The highest BCUT2D eigenvalue weighted by molar-refractivity contribution is 4.79. The molecule has 2 heterocycles. The van der Waals surface area contributed by atoms with E-state index in [-0.39, 0.29) is 6.10 Å². The molecule has 0 aliphatic carbocycles. The summed E-state index contributed by atoms with van der Waals surface area (Å²) in [6, 6.07) is 0. The maximum absolute atomic E-state index is 5.80. The Balaban J connectivity index is 1.82. The Labute approximate surface area is 91.1 Å². The molecule has 0 aromatic carbocycles. The van der Waals surface area contributed by atoms with Crippen molar-refractivity contribution in [1.82, 2.24) is 0 Å². The van der Waals surface area contributed by atoms with Crippen LogP contribution in [0.2, 0.25) is 0 Å². The van der Waals surface area contributed by atoms with Crippen molar-refractivity contribution in [2.24, 2.45) is 11.7 Å². The van der Waals surface area contributed by atoms with E-state index in [1.165, 1.54) is 6.42 Å². The van der Waals surface area contributed by atoms with Crippen LogP contribution in [0.4, 0.5) is 0 Å². The fourth-order valence-corrected chi connectivity index (χ4v) is 2.41. The highest BCUT2D eigenvalue weighted by Crippen LogP contribution is 2.32. The molecule has 88 valence electrons. The summed E-state index contributed by atoms with van der Waals surface area (Å²) in [5, 5.41) is 0. The lowest BCUT2D eigenvalue weighted by Crippen LogP contribution is -2.34. The van der Waals surface area contributed by atoms with Crippen LogP contribution >= 0.6 is 0 Å². The summed E-state index contributed by atoms with van der Waals surface area (Å²) < 4.78 is 16.9. The maximum atomic E-state index is 5.80. The second kappa shape index (κ2) is 4.78. The van der Waals surface area contributed by atoms with Gasteiger partial charge in [-0.25, -0.2) is 0 Å². The van der Waals surface area contributed by atoms with Crippen LogP contribution in [0.3, 0.4) is 0 Å². The van der Waals surface area contributed by atoms with E-state index in [9.17, 15) is 0 Å². The lowest BCUT2D eigenvalue weighted by atomic mass is 9.94. The summed E-state index contributed by atoms with van der Waals surface area (Å²) >= 11 is 0. The summed E-state index contributed by atoms with van der Waals surface area (Å²) in [5.74, 6) is 0.135. The second-order valence-electron chi connectivity index (χ2n) is 4.71. The van der Waals surface area contributed by atoms with E-state index in [0.29, 0.717) is 19.1 Å². The van der Waals surface area contributed by atoms with Crippen LogP contribution in [-0.2, 0) is 14.2 Å². The Bertz CT molecular complexity index is 206. The quantitative estimate of drug-likeness (QED) is 0.759. The molecule has 2 aliphatic heterocycles. The van der Waals surface area contributed by atoms with Crippen molar-refractivity contribution in [2.75, 3.05) is 26.4 Å². The minimum Gasteiger partial charge on any atom is -0.381 e. The number of ether oxygens (including phenoxy) is 3. The zero-order valence-corrected chi connectivity index (χ0v) is 9.41. The Hall–Kier alpha value is -0.160. The molecule has 0 saturated carbocycles. The van der Waals surface area contributed by atoms with Gasteiger partial charge in [-0.05, 0) is 25.7 Å². The minimum absolute atomic E-state index is 0.0690. The van der Waals surface area contributed by atoms with Crippen molar-refractivity contribution in [2.45, 2.75) is 38.1 Å². The zero-order chi connectivity index (χ0) is 10.7. The van der Waals surface area contributed by atoms with Gasteiger partial charge in [0.1, 0.15) is 0 Å². The van der Waals surface area contributed by atoms with Gasteiger partial charge >= 0.3 is 0 Å². The van der Waals surface area contributed by atoms with Crippen LogP contribution in [0.1, 0.15) is 26.2 Å². The van der Waals surface area contributed by atoms with E-state index in [0.717, 1.165) is 26.1 Å². The molecule has 2 saturated heterocycles. The van der Waals surface area contributed by atoms with Crippen LogP contribution in [0.25, 0.3) is 0 Å². The Morgan fingerprint density at radius 1 is 1.40 bits per heavy atom. The van der Waals surface area contributed by atoms with E-state index in [2.05, 4.69) is 0 Å².